The molecule has 2 rings (SSSR count). The van der Waals surface area contributed by atoms with Crippen LogP contribution < -0.4 is 5.73 Å². The van der Waals surface area contributed by atoms with Gasteiger partial charge in [0, 0.05) is 6.04 Å². The van der Waals surface area contributed by atoms with E-state index in [0.29, 0.717) is 0 Å². The highest BCUT2D eigenvalue weighted by atomic mass is 19.1. The minimum Gasteiger partial charge on any atom is -0.369 e. The fourth-order valence-electron chi connectivity index (χ4n) is 2.73. The number of nitrogens with two attached hydrogens (primary N) is 1. The smallest absolute Gasteiger partial charge is 0.123 e. The van der Waals surface area contributed by atoms with Crippen LogP contribution in [0.15, 0.2) is 24.3 Å². The first-order chi connectivity index (χ1) is 9.06. The maximum Gasteiger partial charge on any atom is 0.123 e. The van der Waals surface area contributed by atoms with Crippen LogP contribution in [-0.2, 0) is 4.74 Å². The number of ether oxygens (including phenoxy) is 1. The summed E-state index contributed by atoms with van der Waals surface area (Å²) in [5.74, 6) is 0.582. The molecule has 106 valence electrons. The van der Waals surface area contributed by atoms with E-state index in [0.717, 1.165) is 24.3 Å². The van der Waals surface area contributed by atoms with Gasteiger partial charge in [0.15, 0.2) is 0 Å². The molecule has 2 nitrogen and oxygen atoms in total. The predicted octanol–water partition coefficient (Wildman–Crippen LogP) is 3.81. The van der Waals surface area contributed by atoms with E-state index in [1.807, 2.05) is 6.92 Å². The summed E-state index contributed by atoms with van der Waals surface area (Å²) in [5, 5.41) is 0. The lowest BCUT2D eigenvalue weighted by atomic mass is 9.88. The second kappa shape index (κ2) is 6.49. The van der Waals surface area contributed by atoms with Crippen molar-refractivity contribution in [1.29, 1.82) is 0 Å². The van der Waals surface area contributed by atoms with Crippen molar-refractivity contribution < 1.29 is 9.13 Å². The zero-order chi connectivity index (χ0) is 13.8. The predicted molar refractivity (Wildman–Crippen MR) is 75.3 cm³/mol. The van der Waals surface area contributed by atoms with Gasteiger partial charge >= 0.3 is 0 Å². The number of hydrogen-bond donors (Lipinski definition) is 1. The third kappa shape index (κ3) is 4.02. The topological polar surface area (TPSA) is 35.2 Å². The third-order valence-electron chi connectivity index (χ3n) is 3.98. The lowest BCUT2D eigenvalue weighted by Crippen LogP contribution is -2.32. The van der Waals surface area contributed by atoms with Crippen LogP contribution in [0, 0.1) is 11.7 Å². The van der Waals surface area contributed by atoms with Crippen molar-refractivity contribution in [3.8, 4) is 0 Å². The van der Waals surface area contributed by atoms with E-state index in [4.69, 9.17) is 10.5 Å². The second-order valence-corrected chi connectivity index (χ2v) is 5.85. The Morgan fingerprint density at radius 2 is 1.74 bits per heavy atom. The lowest BCUT2D eigenvalue weighted by Gasteiger charge is -2.32. The van der Waals surface area contributed by atoms with Gasteiger partial charge in [0.1, 0.15) is 5.82 Å². The SMILES string of the molecule is CC1CCC(OC(c2ccc(F)cc2)C(C)N)CC1. The number of rotatable bonds is 4. The van der Waals surface area contributed by atoms with Crippen molar-refractivity contribution in [2.24, 2.45) is 11.7 Å². The number of benzene rings is 1. The van der Waals surface area contributed by atoms with Crippen LogP contribution in [0.5, 0.6) is 0 Å². The summed E-state index contributed by atoms with van der Waals surface area (Å²) in [5.41, 5.74) is 7.00. The summed E-state index contributed by atoms with van der Waals surface area (Å²) >= 11 is 0. The maximum absolute atomic E-state index is 13.0. The largest absolute Gasteiger partial charge is 0.369 e. The molecular formula is C16H24FNO. The summed E-state index contributed by atoms with van der Waals surface area (Å²) in [7, 11) is 0. The van der Waals surface area contributed by atoms with E-state index in [2.05, 4.69) is 6.92 Å². The van der Waals surface area contributed by atoms with Crippen LogP contribution in [-0.4, -0.2) is 12.1 Å². The summed E-state index contributed by atoms with van der Waals surface area (Å²) in [6.45, 7) is 4.23. The minimum absolute atomic E-state index is 0.0928. The molecule has 2 unspecified atom stereocenters. The maximum atomic E-state index is 13.0. The Balaban J connectivity index is 2.02. The third-order valence-corrected chi connectivity index (χ3v) is 3.98. The van der Waals surface area contributed by atoms with E-state index >= 15 is 0 Å². The quantitative estimate of drug-likeness (QED) is 0.898. The summed E-state index contributed by atoms with van der Waals surface area (Å²) in [6.07, 6.45) is 4.80. The van der Waals surface area contributed by atoms with Gasteiger partial charge in [0.05, 0.1) is 12.2 Å². The Kier molecular flexibility index (Phi) is 4.94. The van der Waals surface area contributed by atoms with Gasteiger partial charge in [-0.3, -0.25) is 0 Å². The first-order valence-corrected chi connectivity index (χ1v) is 7.22. The van der Waals surface area contributed by atoms with E-state index in [-0.39, 0.29) is 24.1 Å². The van der Waals surface area contributed by atoms with Gasteiger partial charge in [-0.2, -0.15) is 0 Å². The van der Waals surface area contributed by atoms with Gasteiger partial charge in [0.2, 0.25) is 0 Å². The van der Waals surface area contributed by atoms with Gasteiger partial charge in [-0.15, -0.1) is 0 Å². The van der Waals surface area contributed by atoms with Gasteiger partial charge in [-0.05, 0) is 56.2 Å². The standard InChI is InChI=1S/C16H24FNO/c1-11-3-9-15(10-4-11)19-16(12(2)18)13-5-7-14(17)8-6-13/h5-8,11-12,15-16H,3-4,9-10,18H2,1-2H3. The summed E-state index contributed by atoms with van der Waals surface area (Å²) in [6, 6.07) is 6.39. The van der Waals surface area contributed by atoms with Crippen molar-refractivity contribution in [2.45, 2.75) is 57.8 Å². The highest BCUT2D eigenvalue weighted by molar-refractivity contribution is 5.20. The monoisotopic (exact) mass is 265 g/mol. The average Bonchev–Trinajstić information content (AvgIpc) is 2.39. The fourth-order valence-corrected chi connectivity index (χ4v) is 2.73. The van der Waals surface area contributed by atoms with E-state index < -0.39 is 0 Å². The van der Waals surface area contributed by atoms with Crippen molar-refractivity contribution >= 4 is 0 Å². The molecule has 1 aliphatic rings. The molecule has 1 aromatic rings. The Hall–Kier alpha value is -0.930. The molecule has 1 saturated carbocycles. The second-order valence-electron chi connectivity index (χ2n) is 5.85. The molecule has 0 aromatic heterocycles. The Morgan fingerprint density at radius 3 is 2.26 bits per heavy atom. The molecule has 2 atom stereocenters. The fraction of sp³-hybridized carbons (Fsp3) is 0.625. The highest BCUT2D eigenvalue weighted by Gasteiger charge is 2.25. The van der Waals surface area contributed by atoms with Crippen LogP contribution in [0.2, 0.25) is 0 Å². The van der Waals surface area contributed by atoms with Crippen molar-refractivity contribution in [1.82, 2.24) is 0 Å². The van der Waals surface area contributed by atoms with Crippen molar-refractivity contribution in [3.05, 3.63) is 35.6 Å². The zero-order valence-corrected chi connectivity index (χ0v) is 11.8. The first kappa shape index (κ1) is 14.5. The highest BCUT2D eigenvalue weighted by Crippen LogP contribution is 2.31. The molecule has 3 heteroatoms. The Bertz CT molecular complexity index is 382. The van der Waals surface area contributed by atoms with E-state index in [1.165, 1.54) is 25.0 Å². The molecule has 1 fully saturated rings. The molecule has 0 heterocycles. The molecule has 19 heavy (non-hydrogen) atoms. The van der Waals surface area contributed by atoms with Crippen LogP contribution in [0.3, 0.4) is 0 Å². The lowest BCUT2D eigenvalue weighted by molar-refractivity contribution is -0.0459. The molecule has 0 saturated heterocycles. The molecule has 0 radical (unpaired) electrons. The molecule has 0 bridgehead atoms. The molecule has 0 amide bonds. The first-order valence-electron chi connectivity index (χ1n) is 7.22. The molecule has 1 aromatic carbocycles. The van der Waals surface area contributed by atoms with Crippen LogP contribution >= 0.6 is 0 Å². The van der Waals surface area contributed by atoms with Crippen LogP contribution in [0.25, 0.3) is 0 Å². The van der Waals surface area contributed by atoms with Crippen LogP contribution in [0.1, 0.15) is 51.2 Å². The molecular weight excluding hydrogens is 241 g/mol. The normalized spacial score (nSPS) is 26.9. The number of hydrogen-bond acceptors (Lipinski definition) is 2. The van der Waals surface area contributed by atoms with Gasteiger partial charge in [0.25, 0.3) is 0 Å². The van der Waals surface area contributed by atoms with E-state index in [9.17, 15) is 4.39 Å². The van der Waals surface area contributed by atoms with Gasteiger partial charge < -0.3 is 10.5 Å². The van der Waals surface area contributed by atoms with Gasteiger partial charge in [-0.25, -0.2) is 4.39 Å². The van der Waals surface area contributed by atoms with Crippen molar-refractivity contribution in [3.63, 3.8) is 0 Å². The molecule has 0 aliphatic heterocycles. The van der Waals surface area contributed by atoms with E-state index in [1.54, 1.807) is 12.1 Å². The average molecular weight is 265 g/mol. The van der Waals surface area contributed by atoms with Crippen LogP contribution in [0.4, 0.5) is 4.39 Å². The Morgan fingerprint density at radius 1 is 1.16 bits per heavy atom. The molecule has 2 N–H and O–H groups in total. The minimum atomic E-state index is -0.223. The van der Waals surface area contributed by atoms with Crippen molar-refractivity contribution in [2.75, 3.05) is 0 Å². The Labute approximate surface area is 115 Å². The summed E-state index contributed by atoms with van der Waals surface area (Å²) in [4.78, 5) is 0. The number of halogens is 1. The zero-order valence-electron chi connectivity index (χ0n) is 11.8. The van der Waals surface area contributed by atoms with Gasteiger partial charge in [-0.1, -0.05) is 19.1 Å². The molecule has 0 spiro atoms. The summed E-state index contributed by atoms with van der Waals surface area (Å²) < 4.78 is 19.2. The molecule has 1 aliphatic carbocycles.